The van der Waals surface area contributed by atoms with E-state index in [9.17, 15) is 0 Å². The van der Waals surface area contributed by atoms with Gasteiger partial charge in [0.05, 0.1) is 0 Å². The summed E-state index contributed by atoms with van der Waals surface area (Å²) < 4.78 is 0. The van der Waals surface area contributed by atoms with Gasteiger partial charge in [-0.2, -0.15) is 0 Å². The van der Waals surface area contributed by atoms with Crippen LogP contribution in [0.1, 0.15) is 1.43 Å². The number of rotatable bonds is 0. The molecule has 0 saturated heterocycles. The summed E-state index contributed by atoms with van der Waals surface area (Å²) in [6.07, 6.45) is 0. The number of aliphatic hydroxyl groups excluding tert-OH is 1. The van der Waals surface area contributed by atoms with Crippen LogP contribution < -0.4 is 0 Å². The van der Waals surface area contributed by atoms with Gasteiger partial charge in [-0.25, -0.2) is 0 Å². The van der Waals surface area contributed by atoms with Gasteiger partial charge < -0.3 is 15.4 Å². The van der Waals surface area contributed by atoms with E-state index < -0.39 is 0 Å². The summed E-state index contributed by atoms with van der Waals surface area (Å²) in [5.74, 6) is 0. The van der Waals surface area contributed by atoms with E-state index in [0.717, 1.165) is 0 Å². The Labute approximate surface area is 60.8 Å². The van der Waals surface area contributed by atoms with E-state index in [-0.39, 0.29) is 44.6 Å². The summed E-state index contributed by atoms with van der Waals surface area (Å²) in [6, 6.07) is 0. The van der Waals surface area contributed by atoms with E-state index in [4.69, 9.17) is 9.90 Å². The third kappa shape index (κ3) is 71.3. The van der Waals surface area contributed by atoms with Gasteiger partial charge in [0, 0.05) is 1.43 Å². The van der Waals surface area contributed by atoms with Gasteiger partial charge in [0.1, 0.15) is 0 Å². The molecule has 0 saturated carbocycles. The summed E-state index contributed by atoms with van der Waals surface area (Å²) in [5.41, 5.74) is 0. The molecule has 0 aliphatic carbocycles. The Kier molecular flexibility index (Phi) is 77.4. The topological polar surface area (TPSA) is 67.3 Å². The maximum absolute atomic E-state index is 8.24. The van der Waals surface area contributed by atoms with Crippen LogP contribution in [0.5, 0.6) is 0 Å². The van der Waals surface area contributed by atoms with Crippen molar-refractivity contribution in [3.8, 4) is 0 Å². The fourth-order valence-corrected chi connectivity index (χ4v) is 0. The van der Waals surface area contributed by atoms with Gasteiger partial charge >= 0.3 is 37.7 Å². The van der Waals surface area contributed by atoms with E-state index in [1.165, 1.54) is 0 Å². The molecule has 0 aliphatic heterocycles. The van der Waals surface area contributed by atoms with Crippen LogP contribution in [0.15, 0.2) is 0 Å². The predicted molar refractivity (Wildman–Crippen MR) is 18.1 cm³/mol. The monoisotopic (exact) mass is 105 g/mol. The fourth-order valence-electron chi connectivity index (χ4n) is 0. The summed E-state index contributed by atoms with van der Waals surface area (Å²) >= 11 is 0. The molecule has 0 spiro atoms. The van der Waals surface area contributed by atoms with Crippen molar-refractivity contribution in [2.75, 3.05) is 0 Å². The van der Waals surface area contributed by atoms with Crippen molar-refractivity contribution in [1.82, 2.24) is 0 Å². The van der Waals surface area contributed by atoms with Crippen molar-refractivity contribution in [1.29, 1.82) is 0 Å². The van der Waals surface area contributed by atoms with Crippen molar-refractivity contribution in [2.24, 2.45) is 0 Å². The third-order valence-corrected chi connectivity index (χ3v) is 0. The van der Waals surface area contributed by atoms with Crippen LogP contribution in [0, 0.1) is 0 Å². The maximum Gasteiger partial charge on any atom is 2.00 e. The molecule has 0 bridgehead atoms. The molecule has 0 aromatic heterocycles. The second-order valence-electron chi connectivity index (χ2n) is 0.0913. The normalized spacial score (nSPS) is 2.40. The molecule has 4 heteroatoms. The zero-order valence-corrected chi connectivity index (χ0v) is 4.72. The second kappa shape index (κ2) is 22.4. The van der Waals surface area contributed by atoms with E-state index in [1.54, 1.807) is 0 Å². The number of hydrogen-bond acceptors (Lipinski definition) is 2. The fraction of sp³-hybridized carbons (Fsp3) is 0. The maximum atomic E-state index is 8.24. The summed E-state index contributed by atoms with van der Waals surface area (Å²) in [7, 11) is 0. The molecule has 0 aromatic rings. The summed E-state index contributed by atoms with van der Waals surface area (Å²) in [5, 5.41) is 6.76. The molecule has 0 aliphatic rings. The summed E-state index contributed by atoms with van der Waals surface area (Å²) in [4.78, 5) is 8.24. The Morgan fingerprint density at radius 1 is 1.80 bits per heavy atom. The van der Waals surface area contributed by atoms with Crippen LogP contribution in [0.2, 0.25) is 0 Å². The van der Waals surface area contributed by atoms with Gasteiger partial charge in [-0.15, -0.1) is 0 Å². The molecular formula is CH4CaO3. The first-order valence-electron chi connectivity index (χ1n) is 0.428. The molecule has 0 unspecified atom stereocenters. The minimum atomic E-state index is 0. The third-order valence-electron chi connectivity index (χ3n) is 0. The molecule has 0 heterocycles. The van der Waals surface area contributed by atoms with E-state index >= 15 is 0 Å². The van der Waals surface area contributed by atoms with Crippen LogP contribution in [0.25, 0.3) is 0 Å². The summed E-state index contributed by atoms with van der Waals surface area (Å²) in [6.45, 7) is 0.500. The van der Waals surface area contributed by atoms with Crippen LogP contribution in [-0.4, -0.2) is 54.8 Å². The van der Waals surface area contributed by atoms with Crippen molar-refractivity contribution < 1.29 is 16.8 Å². The van der Waals surface area contributed by atoms with Gasteiger partial charge in [0.25, 0.3) is 0 Å². The molecule has 3 nitrogen and oxygen atoms in total. The van der Waals surface area contributed by atoms with Crippen LogP contribution in [0.4, 0.5) is 0 Å². The van der Waals surface area contributed by atoms with Gasteiger partial charge in [0.15, 0.2) is 0 Å². The van der Waals surface area contributed by atoms with E-state index in [1.807, 2.05) is 0 Å². The molecule has 0 amide bonds. The van der Waals surface area contributed by atoms with Gasteiger partial charge in [-0.05, 0) is 0 Å². The SMILES string of the molecule is O=[C-]O.[2HH].[Ca+2].[OH-]. The van der Waals surface area contributed by atoms with Crippen LogP contribution in [-0.2, 0) is 4.79 Å². The van der Waals surface area contributed by atoms with Gasteiger partial charge in [-0.1, -0.05) is 6.47 Å². The molecule has 0 aromatic carbocycles. The molecular weight excluding hydrogens is 100 g/mol. The largest absolute Gasteiger partial charge is 2.00 e. The minimum Gasteiger partial charge on any atom is -0.870 e. The first-order valence-corrected chi connectivity index (χ1v) is 0.428. The van der Waals surface area contributed by atoms with Crippen molar-refractivity contribution >= 4 is 44.2 Å². The smallest absolute Gasteiger partial charge is 0.870 e. The zero-order chi connectivity index (χ0) is 2.71. The Balaban J connectivity index is -0.00000000667. The molecule has 0 rings (SSSR count). The first kappa shape index (κ1) is 17.3. The molecule has 28 valence electrons. The van der Waals surface area contributed by atoms with Crippen molar-refractivity contribution in [3.63, 3.8) is 0 Å². The standard InChI is InChI=1S/CHO2.Ca.H2O.H2/c2-1-3;;;/h(H,2,3);;1H2;1H/q-1;+2;;/p-1/i;;;1+1. The average molecular weight is 105 g/mol. The van der Waals surface area contributed by atoms with Crippen molar-refractivity contribution in [2.45, 2.75) is 0 Å². The zero-order valence-electron chi connectivity index (χ0n) is 2.51. The van der Waals surface area contributed by atoms with Crippen LogP contribution >= 0.6 is 0 Å². The molecule has 0 atom stereocenters. The quantitative estimate of drug-likeness (QED) is 0.327. The molecule has 5 heavy (non-hydrogen) atoms. The van der Waals surface area contributed by atoms with Gasteiger partial charge in [0.2, 0.25) is 0 Å². The average Bonchev–Trinajstić information content (AvgIpc) is 0.918. The second-order valence-corrected chi connectivity index (χ2v) is 0.0913. The Morgan fingerprint density at radius 2 is 1.80 bits per heavy atom. The van der Waals surface area contributed by atoms with Gasteiger partial charge in [-0.3, -0.25) is 0 Å². The predicted octanol–water partition coefficient (Wildman–Crippen LogP) is -0.700. The Hall–Kier alpha value is 0.690. The van der Waals surface area contributed by atoms with Crippen molar-refractivity contribution in [3.05, 3.63) is 0 Å². The van der Waals surface area contributed by atoms with E-state index in [2.05, 4.69) is 0 Å². The Morgan fingerprint density at radius 3 is 1.80 bits per heavy atom. The molecule has 0 fully saturated rings. The Bertz CT molecular complexity index is 18.3. The van der Waals surface area contributed by atoms with E-state index in [0.29, 0.717) is 6.47 Å². The first-order chi connectivity index (χ1) is 1.41. The number of hydrogen-bond donors (Lipinski definition) is 1. The molecule has 2 N–H and O–H groups in total. The minimum absolute atomic E-state index is 0. The molecule has 0 radical (unpaired) electrons. The van der Waals surface area contributed by atoms with Crippen LogP contribution in [0.3, 0.4) is 0 Å².